The first-order valence-corrected chi connectivity index (χ1v) is 10.7. The van der Waals surface area contributed by atoms with Gasteiger partial charge >= 0.3 is 0 Å². The van der Waals surface area contributed by atoms with Gasteiger partial charge in [0.2, 0.25) is 9.04 Å². The number of rotatable bonds is 2. The smallest absolute Gasteiger partial charge is 0.229 e. The summed E-state index contributed by atoms with van der Waals surface area (Å²) in [5.74, 6) is 0.940. The first-order valence-electron chi connectivity index (χ1n) is 6.79. The maximum Gasteiger partial charge on any atom is 0.229 e. The van der Waals surface area contributed by atoms with Gasteiger partial charge in [-0.3, -0.25) is 0 Å². The van der Waals surface area contributed by atoms with Gasteiger partial charge in [-0.25, -0.2) is 0 Å². The molecule has 0 saturated heterocycles. The van der Waals surface area contributed by atoms with Crippen molar-refractivity contribution in [3.05, 3.63) is 39.3 Å². The summed E-state index contributed by atoms with van der Waals surface area (Å²) in [5, 5.41) is 3.01. The SMILES string of the molecule is C[SiH](C)Oc1cc2cc(Br)ccc2c(Cl)c1C(C)(C)C. The van der Waals surface area contributed by atoms with Gasteiger partial charge in [0.15, 0.2) is 0 Å². The van der Waals surface area contributed by atoms with Gasteiger partial charge < -0.3 is 4.43 Å². The van der Waals surface area contributed by atoms with Crippen molar-refractivity contribution in [2.45, 2.75) is 39.3 Å². The molecule has 0 atom stereocenters. The lowest BCUT2D eigenvalue weighted by Gasteiger charge is -2.26. The molecule has 0 unspecified atom stereocenters. The van der Waals surface area contributed by atoms with E-state index < -0.39 is 9.04 Å². The Kier molecular flexibility index (Phi) is 4.52. The highest BCUT2D eigenvalue weighted by molar-refractivity contribution is 9.10. The second kappa shape index (κ2) is 5.70. The highest BCUT2D eigenvalue weighted by Crippen LogP contribution is 2.42. The molecule has 0 bridgehead atoms. The monoisotopic (exact) mass is 370 g/mol. The van der Waals surface area contributed by atoms with Gasteiger partial charge in [-0.15, -0.1) is 0 Å². The van der Waals surface area contributed by atoms with Crippen molar-refractivity contribution in [3.63, 3.8) is 0 Å². The van der Waals surface area contributed by atoms with Crippen molar-refractivity contribution in [3.8, 4) is 5.75 Å². The van der Waals surface area contributed by atoms with Gasteiger partial charge in [0, 0.05) is 15.4 Å². The lowest BCUT2D eigenvalue weighted by atomic mass is 9.85. The second-order valence-corrected chi connectivity index (χ2v) is 9.97. The van der Waals surface area contributed by atoms with Crippen LogP contribution in [0.25, 0.3) is 10.8 Å². The molecule has 0 aliphatic carbocycles. The first kappa shape index (κ1) is 15.9. The van der Waals surface area contributed by atoms with E-state index in [1.807, 2.05) is 6.07 Å². The summed E-state index contributed by atoms with van der Waals surface area (Å²) in [6.45, 7) is 10.9. The topological polar surface area (TPSA) is 9.23 Å². The maximum atomic E-state index is 6.69. The van der Waals surface area contributed by atoms with Crippen molar-refractivity contribution in [2.24, 2.45) is 0 Å². The third-order valence-electron chi connectivity index (χ3n) is 3.12. The number of fused-ring (bicyclic) bond motifs is 1. The Morgan fingerprint density at radius 3 is 2.35 bits per heavy atom. The molecule has 0 heterocycles. The quantitative estimate of drug-likeness (QED) is 0.596. The first-order chi connectivity index (χ1) is 9.20. The summed E-state index contributed by atoms with van der Waals surface area (Å²) in [6.07, 6.45) is 0. The Balaban J connectivity index is 2.79. The van der Waals surface area contributed by atoms with Gasteiger partial charge in [-0.05, 0) is 42.1 Å². The summed E-state index contributed by atoms with van der Waals surface area (Å²) in [4.78, 5) is 0. The van der Waals surface area contributed by atoms with E-state index in [4.69, 9.17) is 16.0 Å². The highest BCUT2D eigenvalue weighted by atomic mass is 79.9. The largest absolute Gasteiger partial charge is 0.547 e. The molecule has 2 aromatic rings. The van der Waals surface area contributed by atoms with E-state index in [0.29, 0.717) is 0 Å². The van der Waals surface area contributed by atoms with Gasteiger partial charge in [0.05, 0.1) is 5.02 Å². The molecule has 0 spiro atoms. The lowest BCUT2D eigenvalue weighted by molar-refractivity contribution is 0.522. The molecule has 4 heteroatoms. The zero-order valence-electron chi connectivity index (χ0n) is 12.6. The molecule has 0 aliphatic rings. The zero-order valence-corrected chi connectivity index (χ0v) is 16.0. The summed E-state index contributed by atoms with van der Waals surface area (Å²) < 4.78 is 7.19. The van der Waals surface area contributed by atoms with Crippen LogP contribution >= 0.6 is 27.5 Å². The average molecular weight is 372 g/mol. The average Bonchev–Trinajstić information content (AvgIpc) is 2.25. The minimum atomic E-state index is -1.18. The molecule has 0 aromatic heterocycles. The molecule has 1 nitrogen and oxygen atoms in total. The van der Waals surface area contributed by atoms with Crippen LogP contribution in [-0.4, -0.2) is 9.04 Å². The lowest BCUT2D eigenvalue weighted by Crippen LogP contribution is -2.19. The minimum absolute atomic E-state index is 0.0447. The molecule has 0 N–H and O–H groups in total. The van der Waals surface area contributed by atoms with E-state index in [1.165, 1.54) is 0 Å². The van der Waals surface area contributed by atoms with E-state index in [9.17, 15) is 0 Å². The predicted molar refractivity (Wildman–Crippen MR) is 94.9 cm³/mol. The maximum absolute atomic E-state index is 6.69. The van der Waals surface area contributed by atoms with E-state index in [2.05, 4.69) is 68.0 Å². The third kappa shape index (κ3) is 3.21. The fourth-order valence-electron chi connectivity index (χ4n) is 2.35. The van der Waals surface area contributed by atoms with E-state index >= 15 is 0 Å². The van der Waals surface area contributed by atoms with Crippen LogP contribution in [0.5, 0.6) is 5.75 Å². The fraction of sp³-hybridized carbons (Fsp3) is 0.375. The Morgan fingerprint density at radius 1 is 1.15 bits per heavy atom. The normalized spacial score (nSPS) is 12.2. The number of hydrogen-bond donors (Lipinski definition) is 0. The minimum Gasteiger partial charge on any atom is -0.547 e. The van der Waals surface area contributed by atoms with Crippen molar-refractivity contribution in [1.29, 1.82) is 0 Å². The standard InChI is InChI=1S/C16H20BrClOSi/c1-16(2,3)14-13(19-20(4)5)9-10-8-11(17)6-7-12(10)15(14)18/h6-9,20H,1-5H3. The summed E-state index contributed by atoms with van der Waals surface area (Å²) >= 11 is 10.2. The highest BCUT2D eigenvalue weighted by Gasteiger charge is 2.25. The van der Waals surface area contributed by atoms with Crippen LogP contribution in [0.15, 0.2) is 28.7 Å². The Labute approximate surface area is 136 Å². The molecule has 0 fully saturated rings. The van der Waals surface area contributed by atoms with Crippen LogP contribution in [0.1, 0.15) is 26.3 Å². The molecular weight excluding hydrogens is 352 g/mol. The summed E-state index contributed by atoms with van der Waals surface area (Å²) in [6, 6.07) is 8.30. The molecule has 20 heavy (non-hydrogen) atoms. The predicted octanol–water partition coefficient (Wildman–Crippen LogP) is 5.92. The third-order valence-corrected chi connectivity index (χ3v) is 4.73. The molecule has 0 radical (unpaired) electrons. The van der Waals surface area contributed by atoms with Crippen molar-refractivity contribution >= 4 is 47.3 Å². The number of benzene rings is 2. The zero-order chi connectivity index (χ0) is 15.1. The fourth-order valence-corrected chi connectivity index (χ4v) is 3.98. The van der Waals surface area contributed by atoms with Crippen molar-refractivity contribution in [1.82, 2.24) is 0 Å². The van der Waals surface area contributed by atoms with Crippen LogP contribution in [0.3, 0.4) is 0 Å². The summed E-state index contributed by atoms with van der Waals surface area (Å²) in [5.41, 5.74) is 1.06. The van der Waals surface area contributed by atoms with E-state index in [-0.39, 0.29) is 5.41 Å². The number of hydrogen-bond acceptors (Lipinski definition) is 1. The number of halogens is 2. The van der Waals surface area contributed by atoms with E-state index in [1.54, 1.807) is 0 Å². The molecular formula is C16H20BrClOSi. The van der Waals surface area contributed by atoms with E-state index in [0.717, 1.165) is 31.6 Å². The second-order valence-electron chi connectivity index (χ2n) is 6.35. The van der Waals surface area contributed by atoms with Crippen molar-refractivity contribution in [2.75, 3.05) is 0 Å². The van der Waals surface area contributed by atoms with Crippen LogP contribution in [0.2, 0.25) is 18.1 Å². The van der Waals surface area contributed by atoms with Crippen molar-refractivity contribution < 1.29 is 4.43 Å². The molecule has 2 rings (SSSR count). The Hall–Kier alpha value is -0.513. The van der Waals surface area contributed by atoms with Crippen LogP contribution < -0.4 is 4.43 Å². The van der Waals surface area contributed by atoms with Gasteiger partial charge in [-0.1, -0.05) is 54.4 Å². The van der Waals surface area contributed by atoms with Crippen LogP contribution in [-0.2, 0) is 5.41 Å². The molecule has 2 aromatic carbocycles. The van der Waals surface area contributed by atoms with Crippen LogP contribution in [0.4, 0.5) is 0 Å². The molecule has 0 amide bonds. The van der Waals surface area contributed by atoms with Gasteiger partial charge in [-0.2, -0.15) is 0 Å². The Bertz CT molecular complexity index is 647. The molecule has 108 valence electrons. The Morgan fingerprint density at radius 2 is 1.80 bits per heavy atom. The molecule has 0 aliphatic heterocycles. The summed E-state index contributed by atoms with van der Waals surface area (Å²) in [7, 11) is -1.18. The van der Waals surface area contributed by atoms with Gasteiger partial charge in [0.1, 0.15) is 5.75 Å². The molecule has 0 saturated carbocycles. The van der Waals surface area contributed by atoms with Gasteiger partial charge in [0.25, 0.3) is 0 Å². The van der Waals surface area contributed by atoms with Crippen LogP contribution in [0, 0.1) is 0 Å².